The smallest absolute Gasteiger partial charge is 0.415 e. The van der Waals surface area contributed by atoms with E-state index in [9.17, 15) is 9.59 Å². The van der Waals surface area contributed by atoms with Gasteiger partial charge >= 0.3 is 6.09 Å². The van der Waals surface area contributed by atoms with Crippen LogP contribution in [0.15, 0.2) is 48.8 Å². The molecular weight excluding hydrogens is 360 g/mol. The Morgan fingerprint density at radius 1 is 1.07 bits per heavy atom. The molecule has 2 aromatic heterocycles. The minimum absolute atomic E-state index is 0.0986. The van der Waals surface area contributed by atoms with Crippen LogP contribution in [0, 0.1) is 0 Å². The molecule has 4 rings (SSSR count). The number of piperazine rings is 1. The summed E-state index contributed by atoms with van der Waals surface area (Å²) in [6.07, 6.45) is 2.67. The molecule has 0 spiro atoms. The van der Waals surface area contributed by atoms with Gasteiger partial charge in [0.25, 0.3) is 5.91 Å². The molecule has 28 heavy (non-hydrogen) atoms. The highest BCUT2D eigenvalue weighted by molar-refractivity contribution is 5.99. The Labute approximate surface area is 161 Å². The minimum Gasteiger partial charge on any atom is -0.496 e. The minimum atomic E-state index is -0.435. The number of benzene rings is 1. The number of carbonyl (C=O) groups excluding carboxylic acids is 2. The lowest BCUT2D eigenvalue weighted by atomic mass is 10.2. The molecule has 144 valence electrons. The maximum atomic E-state index is 12.8. The average molecular weight is 380 g/mol. The first-order valence-electron chi connectivity index (χ1n) is 8.97. The van der Waals surface area contributed by atoms with Crippen molar-refractivity contribution in [2.24, 2.45) is 0 Å². The van der Waals surface area contributed by atoms with E-state index in [1.54, 1.807) is 41.3 Å². The second-order valence-electron chi connectivity index (χ2n) is 6.44. The van der Waals surface area contributed by atoms with Crippen molar-refractivity contribution in [2.75, 3.05) is 33.3 Å². The third-order valence-corrected chi connectivity index (χ3v) is 4.74. The first-order chi connectivity index (χ1) is 13.7. The van der Waals surface area contributed by atoms with E-state index >= 15 is 0 Å². The highest BCUT2D eigenvalue weighted by Crippen LogP contribution is 2.26. The van der Waals surface area contributed by atoms with E-state index < -0.39 is 6.09 Å². The molecule has 3 heterocycles. The van der Waals surface area contributed by atoms with Gasteiger partial charge in [-0.2, -0.15) is 0 Å². The lowest BCUT2D eigenvalue weighted by Gasteiger charge is -2.33. The van der Waals surface area contributed by atoms with Crippen molar-refractivity contribution >= 4 is 22.9 Å². The van der Waals surface area contributed by atoms with Gasteiger partial charge in [0, 0.05) is 43.3 Å². The third-order valence-electron chi connectivity index (χ3n) is 4.74. The van der Waals surface area contributed by atoms with Gasteiger partial charge in [0.05, 0.1) is 13.3 Å². The first kappa shape index (κ1) is 17.8. The predicted octanol–water partition coefficient (Wildman–Crippen LogP) is 2.53. The van der Waals surface area contributed by atoms with Gasteiger partial charge in [0.1, 0.15) is 11.4 Å². The van der Waals surface area contributed by atoms with E-state index in [1.807, 2.05) is 18.2 Å². The van der Waals surface area contributed by atoms with Crippen LogP contribution in [-0.2, 0) is 0 Å². The van der Waals surface area contributed by atoms with Crippen LogP contribution in [0.1, 0.15) is 10.5 Å². The summed E-state index contributed by atoms with van der Waals surface area (Å²) in [6.45, 7) is 1.70. The Morgan fingerprint density at radius 2 is 1.86 bits per heavy atom. The van der Waals surface area contributed by atoms with Gasteiger partial charge in [-0.25, -0.2) is 4.79 Å². The number of ether oxygens (including phenoxy) is 2. The number of hydrogen-bond donors (Lipinski definition) is 1. The van der Waals surface area contributed by atoms with Gasteiger partial charge in [-0.1, -0.05) is 6.07 Å². The summed E-state index contributed by atoms with van der Waals surface area (Å²) < 4.78 is 10.6. The topological polar surface area (TPSA) is 87.8 Å². The van der Waals surface area contributed by atoms with Gasteiger partial charge < -0.3 is 24.3 Å². The Kier molecular flexibility index (Phi) is 4.84. The van der Waals surface area contributed by atoms with Crippen molar-refractivity contribution < 1.29 is 19.1 Å². The average Bonchev–Trinajstić information content (AvgIpc) is 3.18. The maximum Gasteiger partial charge on any atom is 0.415 e. The number of aromatic amines is 1. The number of pyridine rings is 1. The van der Waals surface area contributed by atoms with Crippen LogP contribution >= 0.6 is 0 Å². The van der Waals surface area contributed by atoms with Gasteiger partial charge in [0.2, 0.25) is 0 Å². The van der Waals surface area contributed by atoms with E-state index in [2.05, 4.69) is 9.97 Å². The summed E-state index contributed by atoms with van der Waals surface area (Å²) in [5.41, 5.74) is 1.35. The Bertz CT molecular complexity index is 994. The standard InChI is InChI=1S/C20H20N4O4/c1-27-18-6-2-5-16-15(18)12-17(22-16)19(25)23-8-10-24(11-9-23)20(26)28-14-4-3-7-21-13-14/h2-7,12-13,22H,8-11H2,1H3. The van der Waals surface area contributed by atoms with Crippen LogP contribution in [0.4, 0.5) is 4.79 Å². The molecule has 3 aromatic rings. The molecule has 0 bridgehead atoms. The number of hydrogen-bond acceptors (Lipinski definition) is 5. The summed E-state index contributed by atoms with van der Waals surface area (Å²) in [7, 11) is 1.60. The number of amides is 2. The fourth-order valence-corrected chi connectivity index (χ4v) is 3.26. The molecule has 8 heteroatoms. The zero-order valence-corrected chi connectivity index (χ0v) is 15.4. The molecule has 0 radical (unpaired) electrons. The van der Waals surface area contributed by atoms with Crippen LogP contribution < -0.4 is 9.47 Å². The van der Waals surface area contributed by atoms with E-state index in [4.69, 9.17) is 9.47 Å². The predicted molar refractivity (Wildman–Crippen MR) is 103 cm³/mol. The molecule has 1 saturated heterocycles. The highest BCUT2D eigenvalue weighted by Gasteiger charge is 2.27. The summed E-state index contributed by atoms with van der Waals surface area (Å²) in [5, 5.41) is 0.868. The maximum absolute atomic E-state index is 12.8. The molecule has 1 fully saturated rings. The Hall–Kier alpha value is -3.55. The summed E-state index contributed by atoms with van der Waals surface area (Å²) in [6, 6.07) is 10.8. The number of H-pyrrole nitrogens is 1. The summed E-state index contributed by atoms with van der Waals surface area (Å²) >= 11 is 0. The molecule has 1 aromatic carbocycles. The second kappa shape index (κ2) is 7.59. The molecule has 0 aliphatic carbocycles. The Balaban J connectivity index is 1.39. The van der Waals surface area contributed by atoms with E-state index in [0.717, 1.165) is 16.7 Å². The zero-order chi connectivity index (χ0) is 19.5. The van der Waals surface area contributed by atoms with E-state index in [1.165, 1.54) is 6.20 Å². The molecule has 8 nitrogen and oxygen atoms in total. The largest absolute Gasteiger partial charge is 0.496 e. The SMILES string of the molecule is COc1cccc2[nH]c(C(=O)N3CCN(C(=O)Oc4cccnc4)CC3)cc12. The molecule has 1 N–H and O–H groups in total. The number of carbonyl (C=O) groups is 2. The third kappa shape index (κ3) is 3.48. The monoisotopic (exact) mass is 380 g/mol. The van der Waals surface area contributed by atoms with E-state index in [-0.39, 0.29) is 5.91 Å². The first-order valence-corrected chi connectivity index (χ1v) is 8.97. The molecule has 0 saturated carbocycles. The Morgan fingerprint density at radius 3 is 2.57 bits per heavy atom. The van der Waals surface area contributed by atoms with Crippen molar-refractivity contribution in [2.45, 2.75) is 0 Å². The van der Waals surface area contributed by atoms with Crippen LogP contribution in [-0.4, -0.2) is 65.1 Å². The van der Waals surface area contributed by atoms with Gasteiger partial charge in [-0.15, -0.1) is 0 Å². The number of rotatable bonds is 3. The number of methoxy groups -OCH3 is 1. The van der Waals surface area contributed by atoms with Crippen molar-refractivity contribution in [3.8, 4) is 11.5 Å². The zero-order valence-electron chi connectivity index (χ0n) is 15.4. The lowest BCUT2D eigenvalue weighted by molar-refractivity contribution is 0.0629. The van der Waals surface area contributed by atoms with Crippen LogP contribution in [0.5, 0.6) is 11.5 Å². The summed E-state index contributed by atoms with van der Waals surface area (Å²) in [4.78, 5) is 35.5. The van der Waals surface area contributed by atoms with Crippen molar-refractivity contribution in [3.63, 3.8) is 0 Å². The summed E-state index contributed by atoms with van der Waals surface area (Å²) in [5.74, 6) is 1.02. The number of nitrogens with one attached hydrogen (secondary N) is 1. The molecule has 1 aliphatic heterocycles. The van der Waals surface area contributed by atoms with Crippen LogP contribution in [0.25, 0.3) is 10.9 Å². The highest BCUT2D eigenvalue weighted by atomic mass is 16.6. The lowest BCUT2D eigenvalue weighted by Crippen LogP contribution is -2.51. The quantitative estimate of drug-likeness (QED) is 0.754. The fourth-order valence-electron chi connectivity index (χ4n) is 3.26. The van der Waals surface area contributed by atoms with Crippen molar-refractivity contribution in [1.29, 1.82) is 0 Å². The normalized spacial score (nSPS) is 14.2. The van der Waals surface area contributed by atoms with E-state index in [0.29, 0.717) is 37.6 Å². The fraction of sp³-hybridized carbons (Fsp3) is 0.250. The van der Waals surface area contributed by atoms with Crippen LogP contribution in [0.2, 0.25) is 0 Å². The molecule has 0 unspecified atom stereocenters. The van der Waals surface area contributed by atoms with Gasteiger partial charge in [-0.3, -0.25) is 9.78 Å². The molecular formula is C20H20N4O4. The number of fused-ring (bicyclic) bond motifs is 1. The molecule has 0 atom stereocenters. The van der Waals surface area contributed by atoms with Crippen molar-refractivity contribution in [3.05, 3.63) is 54.5 Å². The van der Waals surface area contributed by atoms with Crippen LogP contribution in [0.3, 0.4) is 0 Å². The second-order valence-corrected chi connectivity index (χ2v) is 6.44. The molecule has 2 amide bonds. The molecule has 1 aliphatic rings. The van der Waals surface area contributed by atoms with Gasteiger partial charge in [-0.05, 0) is 30.3 Å². The number of nitrogens with zero attached hydrogens (tertiary/aromatic N) is 3. The van der Waals surface area contributed by atoms with Gasteiger partial charge in [0.15, 0.2) is 5.75 Å². The van der Waals surface area contributed by atoms with Crippen molar-refractivity contribution in [1.82, 2.24) is 19.8 Å². The number of aromatic nitrogens is 2.